The molecule has 1 N–H and O–H groups in total. The summed E-state index contributed by atoms with van der Waals surface area (Å²) in [7, 11) is 1.90. The smallest absolute Gasteiger partial charge is 0.228 e. The predicted molar refractivity (Wildman–Crippen MR) is 144 cm³/mol. The molecule has 38 heavy (non-hydrogen) atoms. The third kappa shape index (κ3) is 4.22. The van der Waals surface area contributed by atoms with E-state index in [2.05, 4.69) is 15.2 Å². The van der Waals surface area contributed by atoms with Gasteiger partial charge in [-0.1, -0.05) is 32.4 Å². The summed E-state index contributed by atoms with van der Waals surface area (Å²) in [5.41, 5.74) is 0.400. The molecule has 4 aliphatic rings. The summed E-state index contributed by atoms with van der Waals surface area (Å²) in [5, 5.41) is 4.00. The third-order valence-electron chi connectivity index (χ3n) is 8.60. The van der Waals surface area contributed by atoms with E-state index in [-0.39, 0.29) is 29.7 Å². The lowest BCUT2D eigenvalue weighted by Crippen LogP contribution is -2.46. The number of halogens is 2. The first-order valence-corrected chi connectivity index (χ1v) is 14.1. The minimum absolute atomic E-state index is 0.00858. The molecule has 5 heterocycles. The van der Waals surface area contributed by atoms with E-state index in [1.54, 1.807) is 6.20 Å². The molecule has 3 aliphatic heterocycles. The minimum Gasteiger partial charge on any atom is -0.381 e. The first-order valence-electron chi connectivity index (χ1n) is 13.7. The maximum atomic E-state index is 15.9. The van der Waals surface area contributed by atoms with Crippen LogP contribution in [0.1, 0.15) is 76.4 Å². The van der Waals surface area contributed by atoms with Crippen LogP contribution in [0.3, 0.4) is 0 Å². The Morgan fingerprint density at radius 1 is 1.26 bits per heavy atom. The van der Waals surface area contributed by atoms with Crippen LogP contribution in [0.25, 0.3) is 0 Å². The monoisotopic (exact) mass is 542 g/mol. The SMILES string of the molecule is CN(C(=O)C1CCCOC1)[C@H]1CCC[C@@H](Nc2nc(C34CN3c3ncc(Cl)cc34)nc(C(C)(C)C)c2F)C1. The third-order valence-corrected chi connectivity index (χ3v) is 8.81. The van der Waals surface area contributed by atoms with Crippen LogP contribution in [0.5, 0.6) is 0 Å². The van der Waals surface area contributed by atoms with Crippen molar-refractivity contribution in [3.05, 3.63) is 40.2 Å². The average Bonchev–Trinajstić information content (AvgIpc) is 3.58. The van der Waals surface area contributed by atoms with Gasteiger partial charge in [0, 0.05) is 42.9 Å². The second-order valence-electron chi connectivity index (χ2n) is 12.3. The van der Waals surface area contributed by atoms with Gasteiger partial charge in [-0.3, -0.25) is 4.79 Å². The molecule has 1 saturated carbocycles. The zero-order valence-corrected chi connectivity index (χ0v) is 23.3. The van der Waals surface area contributed by atoms with E-state index in [1.165, 1.54) is 0 Å². The minimum atomic E-state index is -0.502. The van der Waals surface area contributed by atoms with Crippen LogP contribution in [-0.4, -0.2) is 64.6 Å². The number of carbonyl (C=O) groups is 1. The van der Waals surface area contributed by atoms with Gasteiger partial charge in [0.1, 0.15) is 11.4 Å². The van der Waals surface area contributed by atoms with E-state index >= 15 is 4.39 Å². The van der Waals surface area contributed by atoms with Crippen LogP contribution >= 0.6 is 11.6 Å². The number of hydrogen-bond acceptors (Lipinski definition) is 7. The molecule has 3 fully saturated rings. The number of amides is 1. The molecule has 0 spiro atoms. The fraction of sp³-hybridized carbons (Fsp3) is 0.643. The number of anilines is 2. The lowest BCUT2D eigenvalue weighted by molar-refractivity contribution is -0.141. The summed E-state index contributed by atoms with van der Waals surface area (Å²) in [4.78, 5) is 31.2. The second-order valence-corrected chi connectivity index (χ2v) is 12.7. The predicted octanol–water partition coefficient (Wildman–Crippen LogP) is 4.65. The van der Waals surface area contributed by atoms with E-state index in [1.807, 2.05) is 38.8 Å². The Hall–Kier alpha value is -2.52. The van der Waals surface area contributed by atoms with Crippen molar-refractivity contribution in [1.82, 2.24) is 19.9 Å². The molecule has 0 bridgehead atoms. The highest BCUT2D eigenvalue weighted by Gasteiger charge is 2.68. The van der Waals surface area contributed by atoms with Crippen molar-refractivity contribution >= 4 is 29.1 Å². The molecule has 2 saturated heterocycles. The summed E-state index contributed by atoms with van der Waals surface area (Å²) in [6.45, 7) is 7.85. The number of rotatable bonds is 5. The summed E-state index contributed by atoms with van der Waals surface area (Å²) < 4.78 is 21.4. The molecule has 8 nitrogen and oxygen atoms in total. The fourth-order valence-corrected chi connectivity index (χ4v) is 6.52. The second kappa shape index (κ2) is 9.30. The molecule has 0 radical (unpaired) electrons. The number of carbonyl (C=O) groups excluding carboxylic acids is 1. The van der Waals surface area contributed by atoms with Gasteiger partial charge in [-0.05, 0) is 44.6 Å². The molecule has 10 heteroatoms. The molecule has 1 aliphatic carbocycles. The van der Waals surface area contributed by atoms with Crippen LogP contribution in [0.15, 0.2) is 12.3 Å². The van der Waals surface area contributed by atoms with Crippen LogP contribution in [0, 0.1) is 11.7 Å². The zero-order valence-electron chi connectivity index (χ0n) is 22.6. The number of fused-ring (bicyclic) bond motifs is 4. The fourth-order valence-electron chi connectivity index (χ4n) is 6.36. The maximum Gasteiger partial charge on any atom is 0.228 e. The van der Waals surface area contributed by atoms with Gasteiger partial charge in [0.15, 0.2) is 17.5 Å². The number of ether oxygens (including phenoxy) is 1. The number of aromatic nitrogens is 3. The number of hydrogen-bond donors (Lipinski definition) is 1. The Kier molecular flexibility index (Phi) is 6.30. The van der Waals surface area contributed by atoms with Crippen LogP contribution in [-0.2, 0) is 20.5 Å². The first kappa shape index (κ1) is 25.7. The Labute approximate surface area is 228 Å². The number of pyridine rings is 1. The topological polar surface area (TPSA) is 83.2 Å². The maximum absolute atomic E-state index is 15.9. The lowest BCUT2D eigenvalue weighted by Gasteiger charge is -2.38. The number of nitrogens with one attached hydrogen (secondary N) is 1. The molecule has 0 aromatic carbocycles. The molecule has 1 amide bonds. The van der Waals surface area contributed by atoms with Gasteiger partial charge in [0.25, 0.3) is 0 Å². The van der Waals surface area contributed by atoms with Gasteiger partial charge in [-0.15, -0.1) is 0 Å². The lowest BCUT2D eigenvalue weighted by atomic mass is 9.88. The molecular weight excluding hydrogens is 507 g/mol. The Bertz CT molecular complexity index is 1260. The van der Waals surface area contributed by atoms with Gasteiger partial charge in [-0.25, -0.2) is 19.3 Å². The van der Waals surface area contributed by atoms with Crippen molar-refractivity contribution in [1.29, 1.82) is 0 Å². The van der Waals surface area contributed by atoms with Crippen LogP contribution in [0.2, 0.25) is 5.02 Å². The quantitative estimate of drug-likeness (QED) is 0.551. The zero-order chi connectivity index (χ0) is 26.8. The molecule has 2 aromatic rings. The molecule has 4 atom stereocenters. The van der Waals surface area contributed by atoms with Crippen LogP contribution < -0.4 is 10.2 Å². The number of nitrogens with zero attached hydrogens (tertiary/aromatic N) is 5. The highest BCUT2D eigenvalue weighted by molar-refractivity contribution is 6.30. The van der Waals surface area contributed by atoms with E-state index < -0.39 is 16.8 Å². The Morgan fingerprint density at radius 3 is 2.82 bits per heavy atom. The standard InChI is InChI=1S/C28H36ClFN6O2/c1-27(2,3)22-21(30)23(34-26(33-22)28-15-36(28)24-20(28)11-17(29)13-31-24)32-18-8-5-9-19(12-18)35(4)25(37)16-7-6-10-38-14-16/h11,13,16,18-19H,5-10,12,14-15H2,1-4H3,(H,32,33,34)/t16?,18-,19+,28?,36?/m1/s1. The van der Waals surface area contributed by atoms with Gasteiger partial charge in [-0.2, -0.15) is 0 Å². The largest absolute Gasteiger partial charge is 0.381 e. The van der Waals surface area contributed by atoms with Gasteiger partial charge in [0.05, 0.1) is 29.8 Å². The van der Waals surface area contributed by atoms with Crippen molar-refractivity contribution in [3.8, 4) is 0 Å². The molecule has 2 aromatic heterocycles. The summed E-state index contributed by atoms with van der Waals surface area (Å²) >= 11 is 6.26. The van der Waals surface area contributed by atoms with E-state index in [0.717, 1.165) is 56.5 Å². The summed E-state index contributed by atoms with van der Waals surface area (Å²) in [6.07, 6.45) is 7.00. The molecule has 2 unspecified atom stereocenters. The Balaban J connectivity index is 1.25. The molecular formula is C28H36ClFN6O2. The van der Waals surface area contributed by atoms with Gasteiger partial charge < -0.3 is 19.9 Å². The van der Waals surface area contributed by atoms with E-state index in [9.17, 15) is 4.79 Å². The highest BCUT2D eigenvalue weighted by atomic mass is 35.5. The normalized spacial score (nSPS) is 28.2. The van der Waals surface area contributed by atoms with E-state index in [0.29, 0.717) is 29.7 Å². The summed E-state index contributed by atoms with van der Waals surface area (Å²) in [6, 6.07) is 2.03. The first-order chi connectivity index (χ1) is 18.1. The molecule has 6 rings (SSSR count). The Morgan fingerprint density at radius 2 is 2.08 bits per heavy atom. The van der Waals surface area contributed by atoms with Crippen molar-refractivity contribution in [2.24, 2.45) is 5.92 Å². The van der Waals surface area contributed by atoms with Crippen molar-refractivity contribution in [2.75, 3.05) is 37.0 Å². The average molecular weight is 543 g/mol. The van der Waals surface area contributed by atoms with Crippen molar-refractivity contribution in [2.45, 2.75) is 82.3 Å². The van der Waals surface area contributed by atoms with Gasteiger partial charge >= 0.3 is 0 Å². The molecule has 204 valence electrons. The van der Waals surface area contributed by atoms with Crippen molar-refractivity contribution in [3.63, 3.8) is 0 Å². The highest BCUT2D eigenvalue weighted by Crippen LogP contribution is 2.61. The van der Waals surface area contributed by atoms with Gasteiger partial charge in [0.2, 0.25) is 5.91 Å². The van der Waals surface area contributed by atoms with E-state index in [4.69, 9.17) is 26.3 Å². The van der Waals surface area contributed by atoms with Crippen LogP contribution in [0.4, 0.5) is 16.0 Å². The van der Waals surface area contributed by atoms with Crippen molar-refractivity contribution < 1.29 is 13.9 Å². The summed E-state index contributed by atoms with van der Waals surface area (Å²) in [5.74, 6) is 1.40.